The first-order valence-electron chi connectivity index (χ1n) is 16.9. The largest absolute Gasteiger partial charge is 0.310 e. The first-order chi connectivity index (χ1) is 24.8. The molecular formula is C46H30N2S2. The third-order valence-electron chi connectivity index (χ3n) is 9.60. The van der Waals surface area contributed by atoms with Crippen LogP contribution in [0.3, 0.4) is 0 Å². The number of para-hydroxylation sites is 3. The maximum Gasteiger partial charge on any atom is 0.0554 e. The van der Waals surface area contributed by atoms with Crippen molar-refractivity contribution in [1.82, 2.24) is 0 Å². The summed E-state index contributed by atoms with van der Waals surface area (Å²) in [5.74, 6) is 0. The second-order valence-corrected chi connectivity index (χ2v) is 14.7. The SMILES string of the molecule is c1ccc(N(c2ccc3sc4cccc(N(c5ccccc5)c5ccccc5)c4c3c2)c2cc3sc4ccccc4c3c3ccccc23)cc1. The number of hydrogen-bond acceptors (Lipinski definition) is 4. The van der Waals surface area contributed by atoms with Crippen molar-refractivity contribution >= 4 is 108 Å². The van der Waals surface area contributed by atoms with Gasteiger partial charge in [0.15, 0.2) is 0 Å². The zero-order valence-electron chi connectivity index (χ0n) is 27.0. The van der Waals surface area contributed by atoms with Gasteiger partial charge in [0.1, 0.15) is 0 Å². The summed E-state index contributed by atoms with van der Waals surface area (Å²) in [6.07, 6.45) is 0. The fourth-order valence-electron chi connectivity index (χ4n) is 7.46. The van der Waals surface area contributed by atoms with Crippen LogP contribution in [-0.4, -0.2) is 0 Å². The monoisotopic (exact) mass is 674 g/mol. The van der Waals surface area contributed by atoms with E-state index in [9.17, 15) is 0 Å². The van der Waals surface area contributed by atoms with Gasteiger partial charge in [-0.05, 0) is 84.2 Å². The lowest BCUT2D eigenvalue weighted by atomic mass is 10.0. The summed E-state index contributed by atoms with van der Waals surface area (Å²) in [7, 11) is 0. The molecule has 10 rings (SSSR count). The van der Waals surface area contributed by atoms with Crippen LogP contribution in [0, 0.1) is 0 Å². The molecule has 0 saturated heterocycles. The summed E-state index contributed by atoms with van der Waals surface area (Å²) in [5, 5.41) is 7.69. The third-order valence-corrected chi connectivity index (χ3v) is 11.9. The Hall–Kier alpha value is -5.94. The molecule has 2 heterocycles. The molecular weight excluding hydrogens is 645 g/mol. The predicted molar refractivity (Wildman–Crippen MR) is 219 cm³/mol. The lowest BCUT2D eigenvalue weighted by molar-refractivity contribution is 1.30. The van der Waals surface area contributed by atoms with Crippen LogP contribution in [0.1, 0.15) is 0 Å². The average Bonchev–Trinajstić information content (AvgIpc) is 3.75. The van der Waals surface area contributed by atoms with Crippen LogP contribution in [0.4, 0.5) is 34.1 Å². The molecule has 0 bridgehead atoms. The van der Waals surface area contributed by atoms with Crippen molar-refractivity contribution < 1.29 is 0 Å². The summed E-state index contributed by atoms with van der Waals surface area (Å²) in [4.78, 5) is 4.84. The van der Waals surface area contributed by atoms with E-state index >= 15 is 0 Å². The number of nitrogens with zero attached hydrogens (tertiary/aromatic N) is 2. The van der Waals surface area contributed by atoms with Gasteiger partial charge in [-0.3, -0.25) is 0 Å². The molecule has 50 heavy (non-hydrogen) atoms. The van der Waals surface area contributed by atoms with Gasteiger partial charge in [0, 0.05) is 68.5 Å². The molecule has 0 atom stereocenters. The van der Waals surface area contributed by atoms with E-state index in [2.05, 4.69) is 192 Å². The number of anilines is 6. The fraction of sp³-hybridized carbons (Fsp3) is 0. The molecule has 0 aliphatic rings. The van der Waals surface area contributed by atoms with Crippen LogP contribution in [0.15, 0.2) is 182 Å². The molecule has 2 nitrogen and oxygen atoms in total. The number of hydrogen-bond donors (Lipinski definition) is 0. The molecule has 0 unspecified atom stereocenters. The molecule has 0 spiro atoms. The summed E-state index contributed by atoms with van der Waals surface area (Å²) in [6, 6.07) is 66.0. The highest BCUT2D eigenvalue weighted by molar-refractivity contribution is 7.26. The molecule has 8 aromatic carbocycles. The molecule has 236 valence electrons. The zero-order chi connectivity index (χ0) is 33.0. The normalized spacial score (nSPS) is 11.6. The molecule has 0 N–H and O–H groups in total. The van der Waals surface area contributed by atoms with Gasteiger partial charge in [0.05, 0.1) is 11.4 Å². The Morgan fingerprint density at radius 1 is 0.280 bits per heavy atom. The minimum Gasteiger partial charge on any atom is -0.310 e. The van der Waals surface area contributed by atoms with E-state index in [1.165, 1.54) is 62.5 Å². The van der Waals surface area contributed by atoms with Crippen molar-refractivity contribution in [2.24, 2.45) is 0 Å². The van der Waals surface area contributed by atoms with Crippen molar-refractivity contribution in [3.8, 4) is 0 Å². The molecule has 2 aromatic heterocycles. The number of thiophene rings is 2. The number of benzene rings is 8. The van der Waals surface area contributed by atoms with Crippen LogP contribution in [0.5, 0.6) is 0 Å². The Morgan fingerprint density at radius 3 is 1.48 bits per heavy atom. The highest BCUT2D eigenvalue weighted by Crippen LogP contribution is 2.49. The Kier molecular flexibility index (Phi) is 6.90. The summed E-state index contributed by atoms with van der Waals surface area (Å²) >= 11 is 3.73. The first kappa shape index (κ1) is 29.0. The highest BCUT2D eigenvalue weighted by atomic mass is 32.1. The van der Waals surface area contributed by atoms with E-state index < -0.39 is 0 Å². The topological polar surface area (TPSA) is 6.48 Å². The first-order valence-corrected chi connectivity index (χ1v) is 18.5. The number of fused-ring (bicyclic) bond motifs is 8. The molecule has 0 amide bonds. The number of rotatable bonds is 6. The Bertz CT molecular complexity index is 2780. The standard InChI is InChI=1S/C46H30N2S2/c1-4-15-31(16-5-1)47(32-17-6-2-7-18-32)39-24-14-26-43-46(39)38-29-34(27-28-42(38)49-43)48(33-19-8-3-9-20-33)40-30-44-45(36-22-11-10-21-35(36)40)37-23-12-13-25-41(37)50-44/h1-30H. The van der Waals surface area contributed by atoms with Crippen molar-refractivity contribution in [2.45, 2.75) is 0 Å². The minimum atomic E-state index is 1.13. The zero-order valence-corrected chi connectivity index (χ0v) is 28.7. The van der Waals surface area contributed by atoms with Gasteiger partial charge >= 0.3 is 0 Å². The molecule has 4 heteroatoms. The van der Waals surface area contributed by atoms with Crippen LogP contribution < -0.4 is 9.80 Å². The lowest BCUT2D eigenvalue weighted by Crippen LogP contribution is -2.11. The molecule has 0 aliphatic heterocycles. The second-order valence-electron chi connectivity index (χ2n) is 12.5. The van der Waals surface area contributed by atoms with E-state index in [-0.39, 0.29) is 0 Å². The molecule has 0 fully saturated rings. The van der Waals surface area contributed by atoms with Gasteiger partial charge in [-0.1, -0.05) is 103 Å². The van der Waals surface area contributed by atoms with Gasteiger partial charge in [-0.25, -0.2) is 0 Å². The van der Waals surface area contributed by atoms with Crippen molar-refractivity contribution in [3.05, 3.63) is 182 Å². The van der Waals surface area contributed by atoms with E-state index in [0.717, 1.165) is 22.7 Å². The average molecular weight is 675 g/mol. The second kappa shape index (κ2) is 11.9. The summed E-state index contributed by atoms with van der Waals surface area (Å²) in [5.41, 5.74) is 6.89. The van der Waals surface area contributed by atoms with Crippen LogP contribution >= 0.6 is 22.7 Å². The molecule has 0 aliphatic carbocycles. The van der Waals surface area contributed by atoms with Gasteiger partial charge in [-0.2, -0.15) is 0 Å². The lowest BCUT2D eigenvalue weighted by Gasteiger charge is -2.28. The molecule has 10 aromatic rings. The maximum atomic E-state index is 2.45. The molecule has 0 saturated carbocycles. The predicted octanol–water partition coefficient (Wildman–Crippen LogP) is 14.5. The minimum absolute atomic E-state index is 1.13. The van der Waals surface area contributed by atoms with Gasteiger partial charge < -0.3 is 9.80 Å². The van der Waals surface area contributed by atoms with Crippen molar-refractivity contribution in [2.75, 3.05) is 9.80 Å². The van der Waals surface area contributed by atoms with Gasteiger partial charge in [-0.15, -0.1) is 22.7 Å². The quantitative estimate of drug-likeness (QED) is 0.173. The summed E-state index contributed by atoms with van der Waals surface area (Å²) < 4.78 is 5.16. The Morgan fingerprint density at radius 2 is 0.800 bits per heavy atom. The Labute approximate surface area is 298 Å². The van der Waals surface area contributed by atoms with Gasteiger partial charge in [0.2, 0.25) is 0 Å². The van der Waals surface area contributed by atoms with Crippen LogP contribution in [-0.2, 0) is 0 Å². The molecule has 0 radical (unpaired) electrons. The van der Waals surface area contributed by atoms with Crippen LogP contribution in [0.2, 0.25) is 0 Å². The Balaban J connectivity index is 1.25. The van der Waals surface area contributed by atoms with Gasteiger partial charge in [0.25, 0.3) is 0 Å². The van der Waals surface area contributed by atoms with Crippen LogP contribution in [0.25, 0.3) is 51.1 Å². The highest BCUT2D eigenvalue weighted by Gasteiger charge is 2.22. The summed E-state index contributed by atoms with van der Waals surface area (Å²) in [6.45, 7) is 0. The van der Waals surface area contributed by atoms with Crippen molar-refractivity contribution in [3.63, 3.8) is 0 Å². The van der Waals surface area contributed by atoms with E-state index in [1.54, 1.807) is 0 Å². The van der Waals surface area contributed by atoms with E-state index in [4.69, 9.17) is 0 Å². The van der Waals surface area contributed by atoms with E-state index in [1.807, 2.05) is 22.7 Å². The smallest absolute Gasteiger partial charge is 0.0554 e. The maximum absolute atomic E-state index is 2.45. The third kappa shape index (κ3) is 4.68. The fourth-order valence-corrected chi connectivity index (χ4v) is 9.73. The van der Waals surface area contributed by atoms with Crippen molar-refractivity contribution in [1.29, 1.82) is 0 Å². The van der Waals surface area contributed by atoms with E-state index in [0.29, 0.717) is 0 Å².